The van der Waals surface area contributed by atoms with E-state index in [1.165, 1.54) is 0 Å². The number of aromatic nitrogens is 2. The molecule has 0 radical (unpaired) electrons. The Hall–Kier alpha value is -2.98. The van der Waals surface area contributed by atoms with Crippen LogP contribution in [0.5, 0.6) is 5.88 Å². The van der Waals surface area contributed by atoms with Gasteiger partial charge in [-0.15, -0.1) is 5.10 Å². The van der Waals surface area contributed by atoms with Crippen molar-refractivity contribution in [2.24, 2.45) is 5.73 Å². The molecule has 1 aromatic heterocycles. The van der Waals surface area contributed by atoms with Gasteiger partial charge < -0.3 is 15.8 Å². The molecular formula is C18H16ClN5O2. The molecule has 4 rings (SSSR count). The van der Waals surface area contributed by atoms with Crippen LogP contribution in [0.4, 0.5) is 5.69 Å². The molecule has 1 aromatic carbocycles. The molecule has 2 aromatic rings. The van der Waals surface area contributed by atoms with E-state index in [-0.39, 0.29) is 28.7 Å². The molecule has 1 spiro atoms. The van der Waals surface area contributed by atoms with E-state index < -0.39 is 5.41 Å². The highest BCUT2D eigenvalue weighted by atomic mass is 35.5. The van der Waals surface area contributed by atoms with E-state index in [1.54, 1.807) is 18.2 Å². The Morgan fingerprint density at radius 2 is 2.12 bits per heavy atom. The Balaban J connectivity index is 2.18. The molecule has 0 unspecified atom stereocenters. The summed E-state index contributed by atoms with van der Waals surface area (Å²) in [6, 6.07) is 7.13. The first-order valence-corrected chi connectivity index (χ1v) is 8.38. The van der Waals surface area contributed by atoms with Gasteiger partial charge in [0.15, 0.2) is 0 Å². The van der Waals surface area contributed by atoms with Gasteiger partial charge in [-0.1, -0.05) is 32.4 Å². The number of benzene rings is 1. The smallest absolute Gasteiger partial charge is 0.245 e. The molecule has 8 heteroatoms. The highest BCUT2D eigenvalue weighted by molar-refractivity contribution is 6.31. The van der Waals surface area contributed by atoms with Crippen LogP contribution in [0.25, 0.3) is 0 Å². The van der Waals surface area contributed by atoms with E-state index in [0.717, 1.165) is 0 Å². The zero-order valence-electron chi connectivity index (χ0n) is 14.4. The van der Waals surface area contributed by atoms with Crippen LogP contribution in [0.15, 0.2) is 29.7 Å². The van der Waals surface area contributed by atoms with Gasteiger partial charge in [-0.2, -0.15) is 5.26 Å². The number of hydrogen-bond donors (Lipinski definition) is 3. The number of rotatable bonds is 0. The molecule has 0 aliphatic carbocycles. The maximum Gasteiger partial charge on any atom is 0.245 e. The highest BCUT2D eigenvalue weighted by Crippen LogP contribution is 2.55. The molecule has 132 valence electrons. The van der Waals surface area contributed by atoms with Gasteiger partial charge in [0.05, 0.1) is 5.56 Å². The molecule has 26 heavy (non-hydrogen) atoms. The molecule has 2 aliphatic rings. The van der Waals surface area contributed by atoms with Crippen LogP contribution >= 0.6 is 11.6 Å². The number of halogens is 1. The van der Waals surface area contributed by atoms with Crippen molar-refractivity contribution in [2.45, 2.75) is 31.6 Å². The minimum Gasteiger partial charge on any atom is -0.420 e. The van der Waals surface area contributed by atoms with Gasteiger partial charge in [0.1, 0.15) is 17.1 Å². The Morgan fingerprint density at radius 3 is 2.77 bits per heavy atom. The number of nitrogens with zero attached hydrogens (tertiary/aromatic N) is 2. The lowest BCUT2D eigenvalue weighted by Crippen LogP contribution is -2.43. The lowest BCUT2D eigenvalue weighted by molar-refractivity contribution is -0.118. The van der Waals surface area contributed by atoms with Gasteiger partial charge in [0, 0.05) is 27.4 Å². The second-order valence-electron chi connectivity index (χ2n) is 7.38. The molecule has 2 aliphatic heterocycles. The van der Waals surface area contributed by atoms with Crippen LogP contribution in [0, 0.1) is 11.3 Å². The zero-order chi connectivity index (χ0) is 18.9. The van der Waals surface area contributed by atoms with E-state index in [1.807, 2.05) is 20.8 Å². The van der Waals surface area contributed by atoms with Crippen molar-refractivity contribution < 1.29 is 9.53 Å². The average Bonchev–Trinajstić information content (AvgIpc) is 3.09. The van der Waals surface area contributed by atoms with Crippen LogP contribution < -0.4 is 15.8 Å². The average molecular weight is 370 g/mol. The lowest BCUT2D eigenvalue weighted by Gasteiger charge is -2.34. The summed E-state index contributed by atoms with van der Waals surface area (Å²) in [6.45, 7) is 5.94. The lowest BCUT2D eigenvalue weighted by atomic mass is 9.67. The second-order valence-corrected chi connectivity index (χ2v) is 7.81. The summed E-state index contributed by atoms with van der Waals surface area (Å²) in [7, 11) is 0. The van der Waals surface area contributed by atoms with Crippen LogP contribution in [0.3, 0.4) is 0 Å². The molecule has 0 saturated carbocycles. The number of nitriles is 1. The first kappa shape index (κ1) is 16.5. The van der Waals surface area contributed by atoms with Crippen LogP contribution in [0.1, 0.15) is 37.6 Å². The largest absolute Gasteiger partial charge is 0.420 e. The van der Waals surface area contributed by atoms with Crippen molar-refractivity contribution in [1.82, 2.24) is 10.2 Å². The van der Waals surface area contributed by atoms with Crippen LogP contribution in [0.2, 0.25) is 5.02 Å². The Kier molecular flexibility index (Phi) is 3.18. The molecule has 1 atom stereocenters. The van der Waals surface area contributed by atoms with E-state index in [4.69, 9.17) is 22.1 Å². The molecule has 0 bridgehead atoms. The summed E-state index contributed by atoms with van der Waals surface area (Å²) in [5.41, 5.74) is 6.51. The second kappa shape index (κ2) is 5.02. The molecule has 3 heterocycles. The quantitative estimate of drug-likeness (QED) is 0.660. The Bertz CT molecular complexity index is 1040. The zero-order valence-corrected chi connectivity index (χ0v) is 15.2. The minimum absolute atomic E-state index is 0.0235. The summed E-state index contributed by atoms with van der Waals surface area (Å²) < 4.78 is 5.57. The van der Waals surface area contributed by atoms with Crippen molar-refractivity contribution in [3.63, 3.8) is 0 Å². The topological polar surface area (TPSA) is 117 Å². The van der Waals surface area contributed by atoms with Crippen molar-refractivity contribution in [3.8, 4) is 11.9 Å². The number of aromatic amines is 1. The van der Waals surface area contributed by atoms with Crippen LogP contribution in [-0.2, 0) is 15.6 Å². The van der Waals surface area contributed by atoms with Gasteiger partial charge in [-0.25, -0.2) is 0 Å². The first-order chi connectivity index (χ1) is 12.2. The SMILES string of the molecule is CC(C)(C)c1[nH]nc2c1[C@]1(C(=O)Nc3ccc(Cl)cc31)C(C#N)=C(N)O2. The molecule has 1 amide bonds. The third-order valence-corrected chi connectivity index (χ3v) is 5.01. The number of carbonyl (C=O) groups excluding carboxylic acids is 1. The van der Waals surface area contributed by atoms with E-state index in [2.05, 4.69) is 21.6 Å². The standard InChI is InChI=1S/C18H16ClN5O2/c1-17(2,3)13-12-15(24-23-13)26-14(21)10(7-20)18(12)9-6-8(19)4-5-11(9)22-16(18)25/h4-6H,21H2,1-3H3,(H,22,25)(H,23,24)/t18-/m1/s1. The van der Waals surface area contributed by atoms with E-state index >= 15 is 0 Å². The maximum atomic E-state index is 13.3. The maximum absolute atomic E-state index is 13.3. The predicted octanol–water partition coefficient (Wildman–Crippen LogP) is 2.69. The van der Waals surface area contributed by atoms with Gasteiger partial charge >= 0.3 is 0 Å². The number of anilines is 1. The minimum atomic E-state index is -1.46. The first-order valence-electron chi connectivity index (χ1n) is 8.00. The molecule has 0 saturated heterocycles. The number of H-pyrrole nitrogens is 1. The third kappa shape index (κ3) is 1.88. The van der Waals surface area contributed by atoms with Gasteiger partial charge in [-0.3, -0.25) is 9.89 Å². The van der Waals surface area contributed by atoms with Gasteiger partial charge in [-0.05, 0) is 18.2 Å². The summed E-state index contributed by atoms with van der Waals surface area (Å²) >= 11 is 6.21. The fraction of sp³-hybridized carbons (Fsp3) is 0.278. The fourth-order valence-corrected chi connectivity index (χ4v) is 3.84. The summed E-state index contributed by atoms with van der Waals surface area (Å²) in [5.74, 6) is -0.338. The van der Waals surface area contributed by atoms with Gasteiger partial charge in [0.25, 0.3) is 0 Å². The number of hydrogen-bond acceptors (Lipinski definition) is 5. The fourth-order valence-electron chi connectivity index (χ4n) is 3.66. The molecule has 7 nitrogen and oxygen atoms in total. The van der Waals surface area contributed by atoms with Crippen molar-refractivity contribution in [3.05, 3.63) is 51.5 Å². The number of nitrogens with two attached hydrogens (primary N) is 1. The normalized spacial score (nSPS) is 21.1. The number of carbonyl (C=O) groups is 1. The summed E-state index contributed by atoms with van der Waals surface area (Å²) in [5, 5.41) is 20.3. The van der Waals surface area contributed by atoms with Crippen molar-refractivity contribution in [2.75, 3.05) is 5.32 Å². The molecule has 0 fully saturated rings. The van der Waals surface area contributed by atoms with E-state index in [9.17, 15) is 10.1 Å². The Labute approximate surface area is 154 Å². The van der Waals surface area contributed by atoms with E-state index in [0.29, 0.717) is 27.5 Å². The summed E-state index contributed by atoms with van der Waals surface area (Å²) in [4.78, 5) is 13.3. The van der Waals surface area contributed by atoms with Crippen LogP contribution in [-0.4, -0.2) is 16.1 Å². The number of amides is 1. The number of nitrogens with one attached hydrogen (secondary N) is 2. The molecule has 4 N–H and O–H groups in total. The summed E-state index contributed by atoms with van der Waals surface area (Å²) in [6.07, 6.45) is 0. The predicted molar refractivity (Wildman–Crippen MR) is 95.6 cm³/mol. The highest BCUT2D eigenvalue weighted by Gasteiger charge is 2.59. The number of ether oxygens (including phenoxy) is 1. The third-order valence-electron chi connectivity index (χ3n) is 4.77. The molecular weight excluding hydrogens is 354 g/mol. The Morgan fingerprint density at radius 1 is 1.38 bits per heavy atom. The van der Waals surface area contributed by atoms with Crippen molar-refractivity contribution >= 4 is 23.2 Å². The van der Waals surface area contributed by atoms with Crippen molar-refractivity contribution in [1.29, 1.82) is 5.26 Å². The monoisotopic (exact) mass is 369 g/mol. The van der Waals surface area contributed by atoms with Gasteiger partial charge in [0.2, 0.25) is 17.7 Å². The number of fused-ring (bicyclic) bond motifs is 4.